The molecule has 7 heteroatoms. The fraction of sp³-hybridized carbons (Fsp3) is 0.294. The van der Waals surface area contributed by atoms with Crippen molar-refractivity contribution in [2.24, 2.45) is 0 Å². The molecule has 2 amide bonds. The van der Waals surface area contributed by atoms with Gasteiger partial charge in [-0.1, -0.05) is 98.3 Å². The number of unbranched alkanes of at least 4 members (excludes halogenated alkanes) is 1. The van der Waals surface area contributed by atoms with Crippen LogP contribution >= 0.6 is 0 Å². The zero-order valence-electron chi connectivity index (χ0n) is 23.7. The molecule has 0 unspecified atom stereocenters. The lowest BCUT2D eigenvalue weighted by atomic mass is 10.0. The van der Waals surface area contributed by atoms with Crippen LogP contribution < -0.4 is 4.90 Å². The van der Waals surface area contributed by atoms with Crippen molar-refractivity contribution in [3.63, 3.8) is 0 Å². The molecule has 1 aromatic heterocycles. The van der Waals surface area contributed by atoms with Crippen LogP contribution in [-0.4, -0.2) is 71.1 Å². The number of amides is 2. The van der Waals surface area contributed by atoms with Gasteiger partial charge < -0.3 is 14.7 Å². The monoisotopic (exact) mass is 547 g/mol. The Kier molecular flexibility index (Phi) is 9.37. The second-order valence-corrected chi connectivity index (χ2v) is 10.4. The highest BCUT2D eigenvalue weighted by molar-refractivity contribution is 5.86. The van der Waals surface area contributed by atoms with Gasteiger partial charge in [-0.05, 0) is 35.2 Å². The van der Waals surface area contributed by atoms with Gasteiger partial charge >= 0.3 is 0 Å². The van der Waals surface area contributed by atoms with Gasteiger partial charge in [0, 0.05) is 38.3 Å². The summed E-state index contributed by atoms with van der Waals surface area (Å²) in [5, 5.41) is 8.98. The number of nitrogens with zero attached hydrogens (tertiary/aromatic N) is 5. The summed E-state index contributed by atoms with van der Waals surface area (Å²) in [6, 6.07) is 32.4. The number of anilines is 1. The van der Waals surface area contributed by atoms with E-state index in [-0.39, 0.29) is 18.4 Å². The van der Waals surface area contributed by atoms with E-state index in [2.05, 4.69) is 58.4 Å². The third kappa shape index (κ3) is 7.37. The summed E-state index contributed by atoms with van der Waals surface area (Å²) in [5.74, 6) is 0.814. The number of carbonyl (C=O) groups excluding carboxylic acids is 2. The topological polar surface area (TPSA) is 69.6 Å². The molecule has 1 aliphatic rings. The summed E-state index contributed by atoms with van der Waals surface area (Å²) in [6.45, 7) is 5.37. The molecule has 1 saturated heterocycles. The van der Waals surface area contributed by atoms with E-state index in [4.69, 9.17) is 0 Å². The van der Waals surface area contributed by atoms with Crippen LogP contribution in [0, 0.1) is 0 Å². The van der Waals surface area contributed by atoms with E-state index in [0.717, 1.165) is 35.5 Å². The fourth-order valence-corrected chi connectivity index (χ4v) is 5.08. The second kappa shape index (κ2) is 13.7. The third-order valence-corrected chi connectivity index (χ3v) is 7.55. The summed E-state index contributed by atoms with van der Waals surface area (Å²) in [6.07, 6.45) is 2.17. The van der Waals surface area contributed by atoms with Crippen LogP contribution in [0.2, 0.25) is 0 Å². The molecule has 0 radical (unpaired) electrons. The Morgan fingerprint density at radius 3 is 2.00 bits per heavy atom. The van der Waals surface area contributed by atoms with Crippen molar-refractivity contribution in [2.45, 2.75) is 26.2 Å². The van der Waals surface area contributed by atoms with Crippen LogP contribution in [0.3, 0.4) is 0 Å². The number of aromatic nitrogens is 2. The van der Waals surface area contributed by atoms with Crippen molar-refractivity contribution in [3.8, 4) is 22.4 Å². The van der Waals surface area contributed by atoms with E-state index in [1.165, 1.54) is 11.1 Å². The number of piperazine rings is 1. The van der Waals surface area contributed by atoms with Gasteiger partial charge in [0.05, 0.1) is 18.7 Å². The molecular formula is C34H37N5O2. The smallest absolute Gasteiger partial charge is 0.242 e. The van der Waals surface area contributed by atoms with E-state index in [0.29, 0.717) is 39.1 Å². The molecule has 0 aliphatic carbocycles. The molecule has 0 saturated carbocycles. The van der Waals surface area contributed by atoms with Crippen LogP contribution in [-0.2, 0) is 16.0 Å². The molecule has 1 aliphatic heterocycles. The van der Waals surface area contributed by atoms with Gasteiger partial charge in [-0.25, -0.2) is 0 Å². The molecule has 2 heterocycles. The first-order valence-electron chi connectivity index (χ1n) is 14.4. The van der Waals surface area contributed by atoms with Crippen molar-refractivity contribution in [1.29, 1.82) is 0 Å². The van der Waals surface area contributed by atoms with Crippen LogP contribution in [0.4, 0.5) is 5.82 Å². The maximum Gasteiger partial charge on any atom is 0.242 e. The number of hydrogen-bond donors (Lipinski definition) is 0. The highest BCUT2D eigenvalue weighted by Crippen LogP contribution is 2.24. The third-order valence-electron chi connectivity index (χ3n) is 7.55. The first-order chi connectivity index (χ1) is 20.1. The zero-order valence-corrected chi connectivity index (χ0v) is 23.7. The Labute approximate surface area is 242 Å². The Morgan fingerprint density at radius 2 is 1.37 bits per heavy atom. The van der Waals surface area contributed by atoms with Crippen molar-refractivity contribution >= 4 is 17.6 Å². The Hall–Kier alpha value is -4.52. The molecular weight excluding hydrogens is 510 g/mol. The quantitative estimate of drug-likeness (QED) is 0.268. The van der Waals surface area contributed by atoms with Crippen molar-refractivity contribution in [2.75, 3.05) is 44.2 Å². The predicted octanol–water partition coefficient (Wildman–Crippen LogP) is 5.33. The van der Waals surface area contributed by atoms with E-state index >= 15 is 0 Å². The average molecular weight is 548 g/mol. The van der Waals surface area contributed by atoms with Gasteiger partial charge in [-0.15, -0.1) is 10.2 Å². The number of hydrogen-bond acceptors (Lipinski definition) is 5. The first-order valence-corrected chi connectivity index (χ1v) is 14.4. The summed E-state index contributed by atoms with van der Waals surface area (Å²) < 4.78 is 0. The van der Waals surface area contributed by atoms with Crippen LogP contribution in [0.1, 0.15) is 25.3 Å². The van der Waals surface area contributed by atoms with E-state index < -0.39 is 0 Å². The Balaban J connectivity index is 1.14. The molecule has 0 atom stereocenters. The zero-order chi connectivity index (χ0) is 28.4. The molecule has 0 spiro atoms. The van der Waals surface area contributed by atoms with Gasteiger partial charge in [0.2, 0.25) is 11.8 Å². The van der Waals surface area contributed by atoms with Crippen molar-refractivity contribution < 1.29 is 9.59 Å². The second-order valence-electron chi connectivity index (χ2n) is 10.4. The largest absolute Gasteiger partial charge is 0.352 e. The summed E-state index contributed by atoms with van der Waals surface area (Å²) in [7, 11) is 0. The van der Waals surface area contributed by atoms with Crippen LogP contribution in [0.25, 0.3) is 22.4 Å². The number of benzene rings is 3. The lowest BCUT2D eigenvalue weighted by Gasteiger charge is -2.36. The van der Waals surface area contributed by atoms with E-state index in [1.54, 1.807) is 4.90 Å². The molecule has 3 aromatic carbocycles. The standard InChI is InChI=1S/C34H37N5O2/c1-2-3-20-39(33(40)25-27-10-6-4-7-11-27)26-34(41)38-23-21-37(22-24-38)32-19-18-31(35-36-32)30-16-14-29(15-17-30)28-12-8-5-9-13-28/h4-19H,2-3,20-26H2,1H3. The summed E-state index contributed by atoms with van der Waals surface area (Å²) in [5.41, 5.74) is 5.17. The minimum absolute atomic E-state index is 0.00158. The van der Waals surface area contributed by atoms with Crippen molar-refractivity contribution in [1.82, 2.24) is 20.0 Å². The molecule has 41 heavy (non-hydrogen) atoms. The Bertz CT molecular complexity index is 1400. The highest BCUT2D eigenvalue weighted by atomic mass is 16.2. The highest BCUT2D eigenvalue weighted by Gasteiger charge is 2.25. The minimum atomic E-state index is 0.00158. The van der Waals surface area contributed by atoms with Crippen LogP contribution in [0.15, 0.2) is 97.1 Å². The molecule has 0 N–H and O–H groups in total. The number of rotatable bonds is 10. The van der Waals surface area contributed by atoms with Crippen LogP contribution in [0.5, 0.6) is 0 Å². The number of carbonyl (C=O) groups is 2. The molecule has 210 valence electrons. The average Bonchev–Trinajstić information content (AvgIpc) is 3.04. The van der Waals surface area contributed by atoms with Crippen molar-refractivity contribution in [3.05, 3.63) is 103 Å². The lowest BCUT2D eigenvalue weighted by Crippen LogP contribution is -2.52. The Morgan fingerprint density at radius 1 is 0.732 bits per heavy atom. The van der Waals surface area contributed by atoms with E-state index in [9.17, 15) is 9.59 Å². The maximum absolute atomic E-state index is 13.2. The molecule has 1 fully saturated rings. The predicted molar refractivity (Wildman–Crippen MR) is 163 cm³/mol. The van der Waals surface area contributed by atoms with Gasteiger partial charge in [0.15, 0.2) is 5.82 Å². The molecule has 7 nitrogen and oxygen atoms in total. The fourth-order valence-electron chi connectivity index (χ4n) is 5.08. The molecule has 5 rings (SSSR count). The van der Waals surface area contributed by atoms with Gasteiger partial charge in [0.1, 0.15) is 0 Å². The van der Waals surface area contributed by atoms with Gasteiger partial charge in [-0.3, -0.25) is 9.59 Å². The summed E-state index contributed by atoms with van der Waals surface area (Å²) in [4.78, 5) is 31.9. The lowest BCUT2D eigenvalue weighted by molar-refractivity contribution is -0.140. The van der Waals surface area contributed by atoms with E-state index in [1.807, 2.05) is 65.6 Å². The minimum Gasteiger partial charge on any atom is -0.352 e. The normalized spacial score (nSPS) is 13.2. The van der Waals surface area contributed by atoms with Gasteiger partial charge in [0.25, 0.3) is 0 Å². The van der Waals surface area contributed by atoms with Gasteiger partial charge in [-0.2, -0.15) is 0 Å². The SMILES string of the molecule is CCCCN(CC(=O)N1CCN(c2ccc(-c3ccc(-c4ccccc4)cc3)nn2)CC1)C(=O)Cc1ccccc1. The molecule has 0 bridgehead atoms. The summed E-state index contributed by atoms with van der Waals surface area (Å²) >= 11 is 0. The molecule has 4 aromatic rings. The first kappa shape index (κ1) is 28.0. The maximum atomic E-state index is 13.2.